The number of nitrogens with one attached hydrogen (secondary N) is 1. The maximum Gasteiger partial charge on any atom is 0.379 e. The minimum Gasteiger partial charge on any atom is -0.496 e. The molecule has 1 N–H and O–H groups in total. The summed E-state index contributed by atoms with van der Waals surface area (Å²) >= 11 is 0. The Labute approximate surface area is 96.6 Å². The molecule has 0 fully saturated rings. The predicted octanol–water partition coefficient (Wildman–Crippen LogP) is 0.927. The Morgan fingerprint density at radius 2 is 2.12 bits per heavy atom. The van der Waals surface area contributed by atoms with Gasteiger partial charge in [0.2, 0.25) is 0 Å². The highest BCUT2D eigenvalue weighted by Crippen LogP contribution is 2.27. The lowest BCUT2D eigenvalue weighted by molar-refractivity contribution is -0.135. The molecule has 0 aliphatic heterocycles. The van der Waals surface area contributed by atoms with E-state index in [4.69, 9.17) is 4.74 Å². The van der Waals surface area contributed by atoms with E-state index in [-0.39, 0.29) is 5.56 Å². The van der Waals surface area contributed by atoms with Crippen LogP contribution in [0.15, 0.2) is 18.5 Å². The molecule has 0 saturated carbocycles. The number of H-pyrrole nitrogens is 1. The number of pyridine rings is 1. The van der Waals surface area contributed by atoms with Gasteiger partial charge in [-0.1, -0.05) is 0 Å². The first-order valence-electron chi connectivity index (χ1n) is 4.81. The second-order valence-corrected chi connectivity index (χ2v) is 3.26. The third-order valence-electron chi connectivity index (χ3n) is 2.37. The number of carbonyl (C=O) groups excluding carboxylic acids is 2. The Morgan fingerprint density at radius 3 is 2.76 bits per heavy atom. The molecule has 0 aromatic carbocycles. The first kappa shape index (κ1) is 11.1. The van der Waals surface area contributed by atoms with E-state index in [2.05, 4.69) is 14.7 Å². The first-order valence-corrected chi connectivity index (χ1v) is 4.81. The highest BCUT2D eigenvalue weighted by molar-refractivity contribution is 6.43. The monoisotopic (exact) mass is 234 g/mol. The molecule has 0 aliphatic carbocycles. The maximum atomic E-state index is 11.7. The van der Waals surface area contributed by atoms with Crippen LogP contribution in [0.4, 0.5) is 0 Å². The van der Waals surface area contributed by atoms with Gasteiger partial charge in [0, 0.05) is 12.4 Å². The lowest BCUT2D eigenvalue weighted by Gasteiger charge is -2.02. The molecule has 6 heteroatoms. The largest absolute Gasteiger partial charge is 0.496 e. The third-order valence-corrected chi connectivity index (χ3v) is 2.37. The standard InChI is InChI=1S/C11H10N2O4/c1-16-7-3-4-12-10-8(7)6(5-13-10)9(14)11(15)17-2/h3-5H,1-2H3,(H,12,13). The van der Waals surface area contributed by atoms with E-state index in [9.17, 15) is 9.59 Å². The number of aromatic nitrogens is 2. The van der Waals surface area contributed by atoms with Crippen molar-refractivity contribution in [3.63, 3.8) is 0 Å². The zero-order valence-corrected chi connectivity index (χ0v) is 9.31. The molecule has 2 aromatic rings. The smallest absolute Gasteiger partial charge is 0.379 e. The minimum absolute atomic E-state index is 0.191. The van der Waals surface area contributed by atoms with Crippen molar-refractivity contribution < 1.29 is 19.1 Å². The zero-order chi connectivity index (χ0) is 12.4. The van der Waals surface area contributed by atoms with E-state index in [1.807, 2.05) is 0 Å². The molecule has 0 unspecified atom stereocenters. The van der Waals surface area contributed by atoms with Gasteiger partial charge in [-0.2, -0.15) is 0 Å². The summed E-state index contributed by atoms with van der Waals surface area (Å²) in [5.74, 6) is -1.18. The van der Waals surface area contributed by atoms with Gasteiger partial charge < -0.3 is 14.5 Å². The topological polar surface area (TPSA) is 81.3 Å². The summed E-state index contributed by atoms with van der Waals surface area (Å²) in [5, 5.41) is 0.477. The van der Waals surface area contributed by atoms with Gasteiger partial charge in [-0.25, -0.2) is 9.78 Å². The van der Waals surface area contributed by atoms with E-state index >= 15 is 0 Å². The third kappa shape index (κ3) is 1.73. The number of ether oxygens (including phenoxy) is 2. The van der Waals surface area contributed by atoms with Crippen molar-refractivity contribution in [1.82, 2.24) is 9.97 Å². The maximum absolute atomic E-state index is 11.7. The van der Waals surface area contributed by atoms with Gasteiger partial charge in [-0.3, -0.25) is 4.79 Å². The number of nitrogens with zero attached hydrogens (tertiary/aromatic N) is 1. The van der Waals surface area contributed by atoms with E-state index in [0.717, 1.165) is 7.11 Å². The Hall–Kier alpha value is -2.37. The molecular weight excluding hydrogens is 224 g/mol. The van der Waals surface area contributed by atoms with Gasteiger partial charge in [0.15, 0.2) is 0 Å². The van der Waals surface area contributed by atoms with Crippen LogP contribution in [0.3, 0.4) is 0 Å². The van der Waals surface area contributed by atoms with Crippen LogP contribution in [0, 0.1) is 0 Å². The quantitative estimate of drug-likeness (QED) is 0.485. The van der Waals surface area contributed by atoms with Crippen LogP contribution in [-0.4, -0.2) is 35.9 Å². The number of Topliss-reactive ketones (excluding diaryl/α,β-unsaturated/α-hetero) is 1. The van der Waals surface area contributed by atoms with E-state index in [1.165, 1.54) is 13.3 Å². The summed E-state index contributed by atoms with van der Waals surface area (Å²) in [4.78, 5) is 29.8. The second-order valence-electron chi connectivity index (χ2n) is 3.26. The van der Waals surface area contributed by atoms with Crippen LogP contribution >= 0.6 is 0 Å². The molecule has 0 radical (unpaired) electrons. The van der Waals surface area contributed by atoms with E-state index < -0.39 is 11.8 Å². The van der Waals surface area contributed by atoms with Gasteiger partial charge >= 0.3 is 5.97 Å². The molecule has 88 valence electrons. The van der Waals surface area contributed by atoms with Gasteiger partial charge in [0.1, 0.15) is 11.4 Å². The summed E-state index contributed by atoms with van der Waals surface area (Å²) in [6.45, 7) is 0. The Kier molecular flexibility index (Phi) is 2.78. The van der Waals surface area contributed by atoms with Crippen LogP contribution in [0.25, 0.3) is 11.0 Å². The van der Waals surface area contributed by atoms with Crippen molar-refractivity contribution in [1.29, 1.82) is 0 Å². The molecule has 6 nitrogen and oxygen atoms in total. The number of carbonyl (C=O) groups is 2. The molecule has 0 aliphatic rings. The minimum atomic E-state index is -0.920. The Balaban J connectivity index is 2.63. The van der Waals surface area contributed by atoms with Crippen LogP contribution in [0.2, 0.25) is 0 Å². The molecule has 17 heavy (non-hydrogen) atoms. The van der Waals surface area contributed by atoms with Crippen molar-refractivity contribution in [3.05, 3.63) is 24.0 Å². The summed E-state index contributed by atoms with van der Waals surface area (Å²) in [7, 11) is 2.64. The van der Waals surface area contributed by atoms with Gasteiger partial charge in [-0.15, -0.1) is 0 Å². The van der Waals surface area contributed by atoms with Crippen molar-refractivity contribution in [3.8, 4) is 5.75 Å². The summed E-state index contributed by atoms with van der Waals surface area (Å²) in [6.07, 6.45) is 2.96. The summed E-state index contributed by atoms with van der Waals surface area (Å²) in [5.41, 5.74) is 0.674. The number of methoxy groups -OCH3 is 2. The van der Waals surface area contributed by atoms with Crippen molar-refractivity contribution >= 4 is 22.8 Å². The molecule has 0 saturated heterocycles. The van der Waals surface area contributed by atoms with Crippen molar-refractivity contribution in [2.45, 2.75) is 0 Å². The molecule has 2 heterocycles. The second kappa shape index (κ2) is 4.25. The predicted molar refractivity (Wildman–Crippen MR) is 59.0 cm³/mol. The highest BCUT2D eigenvalue weighted by Gasteiger charge is 2.22. The molecule has 0 amide bonds. The van der Waals surface area contributed by atoms with Crippen molar-refractivity contribution in [2.24, 2.45) is 0 Å². The lowest BCUT2D eigenvalue weighted by Crippen LogP contribution is -2.15. The van der Waals surface area contributed by atoms with Crippen LogP contribution < -0.4 is 4.74 Å². The summed E-state index contributed by atoms with van der Waals surface area (Å²) < 4.78 is 9.52. The SMILES string of the molecule is COC(=O)C(=O)c1c[nH]c2nccc(OC)c12. The highest BCUT2D eigenvalue weighted by atomic mass is 16.5. The first-order chi connectivity index (χ1) is 8.19. The van der Waals surface area contributed by atoms with Gasteiger partial charge in [0.05, 0.1) is 25.2 Å². The van der Waals surface area contributed by atoms with Gasteiger partial charge in [0.25, 0.3) is 5.78 Å². The number of hydrogen-bond acceptors (Lipinski definition) is 5. The molecule has 0 bridgehead atoms. The van der Waals surface area contributed by atoms with E-state index in [0.29, 0.717) is 16.8 Å². The number of ketones is 1. The number of aromatic amines is 1. The molecule has 0 atom stereocenters. The molecule has 2 rings (SSSR count). The van der Waals surface area contributed by atoms with Crippen LogP contribution in [-0.2, 0) is 9.53 Å². The zero-order valence-electron chi connectivity index (χ0n) is 9.31. The van der Waals surface area contributed by atoms with E-state index in [1.54, 1.807) is 12.3 Å². The average molecular weight is 234 g/mol. The fourth-order valence-electron chi connectivity index (χ4n) is 1.58. The fourth-order valence-corrected chi connectivity index (χ4v) is 1.58. The average Bonchev–Trinajstić information content (AvgIpc) is 2.80. The van der Waals surface area contributed by atoms with Crippen LogP contribution in [0.1, 0.15) is 10.4 Å². The number of rotatable bonds is 3. The number of esters is 1. The number of hydrogen-bond donors (Lipinski definition) is 1. The van der Waals surface area contributed by atoms with Crippen LogP contribution in [0.5, 0.6) is 5.75 Å². The molecular formula is C11H10N2O4. The normalized spacial score (nSPS) is 10.2. The number of fused-ring (bicyclic) bond motifs is 1. The van der Waals surface area contributed by atoms with Gasteiger partial charge in [-0.05, 0) is 6.07 Å². The lowest BCUT2D eigenvalue weighted by atomic mass is 10.1. The Morgan fingerprint density at radius 1 is 1.35 bits per heavy atom. The summed E-state index contributed by atoms with van der Waals surface area (Å²) in [6, 6.07) is 1.62. The Bertz CT molecular complexity index is 588. The van der Waals surface area contributed by atoms with Crippen molar-refractivity contribution in [2.75, 3.05) is 14.2 Å². The molecule has 2 aromatic heterocycles. The molecule has 0 spiro atoms. The fraction of sp³-hybridized carbons (Fsp3) is 0.182.